The van der Waals surface area contributed by atoms with Crippen LogP contribution < -0.4 is 0 Å². The van der Waals surface area contributed by atoms with Crippen molar-refractivity contribution in [3.8, 4) is 17.2 Å². The Balaban J connectivity index is 2.10. The predicted octanol–water partition coefficient (Wildman–Crippen LogP) is 3.71. The predicted molar refractivity (Wildman–Crippen MR) is 68.4 cm³/mol. The largest absolute Gasteiger partial charge is 0.361 e. The third-order valence-corrected chi connectivity index (χ3v) is 2.90. The van der Waals surface area contributed by atoms with E-state index in [9.17, 15) is 0 Å². The Labute approximate surface area is 99.1 Å². The zero-order valence-corrected chi connectivity index (χ0v) is 9.14. The number of aromatic nitrogens is 1. The van der Waals surface area contributed by atoms with E-state index in [-0.39, 0.29) is 0 Å². The molecule has 0 saturated heterocycles. The number of fused-ring (bicyclic) bond motifs is 1. The highest BCUT2D eigenvalue weighted by molar-refractivity contribution is 5.84. The first-order valence-corrected chi connectivity index (χ1v) is 5.44. The number of nitrogens with zero attached hydrogens (tertiary/aromatic N) is 1. The molecule has 0 bridgehead atoms. The number of nitrogens with one attached hydrogen (secondary N) is 1. The second kappa shape index (κ2) is 3.80. The summed E-state index contributed by atoms with van der Waals surface area (Å²) in [5, 5.41) is 9.97. The summed E-state index contributed by atoms with van der Waals surface area (Å²) in [6.07, 6.45) is 1.94. The van der Waals surface area contributed by atoms with Gasteiger partial charge in [-0.05, 0) is 40.8 Å². The lowest BCUT2D eigenvalue weighted by molar-refractivity contribution is 1.47. The number of aromatic amines is 1. The maximum Gasteiger partial charge on any atom is 0.0991 e. The standard InChI is InChI=1S/C15H10N2/c16-10-11-1-3-12(4-2-11)14-6-5-13-7-8-17-15(13)9-14/h1-9,17H. The highest BCUT2D eigenvalue weighted by Crippen LogP contribution is 2.23. The summed E-state index contributed by atoms with van der Waals surface area (Å²) in [7, 11) is 0. The maximum atomic E-state index is 8.76. The van der Waals surface area contributed by atoms with Crippen LogP contribution in [0.15, 0.2) is 54.7 Å². The van der Waals surface area contributed by atoms with Crippen LogP contribution in [-0.2, 0) is 0 Å². The minimum Gasteiger partial charge on any atom is -0.361 e. The van der Waals surface area contributed by atoms with E-state index in [1.807, 2.05) is 30.5 Å². The average molecular weight is 218 g/mol. The van der Waals surface area contributed by atoms with Gasteiger partial charge in [0.25, 0.3) is 0 Å². The Morgan fingerprint density at radius 2 is 1.65 bits per heavy atom. The Hall–Kier alpha value is -2.53. The van der Waals surface area contributed by atoms with Crippen molar-refractivity contribution in [1.82, 2.24) is 4.98 Å². The Morgan fingerprint density at radius 1 is 0.882 bits per heavy atom. The molecule has 0 atom stereocenters. The lowest BCUT2D eigenvalue weighted by atomic mass is 10.0. The molecular formula is C15H10N2. The summed E-state index contributed by atoms with van der Waals surface area (Å²) in [6.45, 7) is 0. The van der Waals surface area contributed by atoms with Crippen LogP contribution in [0.2, 0.25) is 0 Å². The summed E-state index contributed by atoms with van der Waals surface area (Å²) in [4.78, 5) is 3.20. The summed E-state index contributed by atoms with van der Waals surface area (Å²) in [6, 6.07) is 18.1. The number of hydrogen-bond acceptors (Lipinski definition) is 1. The van der Waals surface area contributed by atoms with Crippen molar-refractivity contribution in [3.05, 3.63) is 60.3 Å². The first kappa shape index (κ1) is 9.68. The lowest BCUT2D eigenvalue weighted by Gasteiger charge is -2.02. The van der Waals surface area contributed by atoms with Crippen molar-refractivity contribution in [2.45, 2.75) is 0 Å². The van der Waals surface area contributed by atoms with Gasteiger partial charge in [0.15, 0.2) is 0 Å². The van der Waals surface area contributed by atoms with Crippen LogP contribution in [0.1, 0.15) is 5.56 Å². The van der Waals surface area contributed by atoms with Gasteiger partial charge in [-0.3, -0.25) is 0 Å². The SMILES string of the molecule is N#Cc1ccc(-c2ccc3cc[nH]c3c2)cc1. The average Bonchev–Trinajstić information content (AvgIpc) is 2.86. The van der Waals surface area contributed by atoms with Gasteiger partial charge in [0.2, 0.25) is 0 Å². The third kappa shape index (κ3) is 1.68. The van der Waals surface area contributed by atoms with Crippen LogP contribution in [-0.4, -0.2) is 4.98 Å². The molecule has 0 unspecified atom stereocenters. The molecule has 0 radical (unpaired) electrons. The summed E-state index contributed by atoms with van der Waals surface area (Å²) in [5.41, 5.74) is 4.10. The van der Waals surface area contributed by atoms with Crippen molar-refractivity contribution in [3.63, 3.8) is 0 Å². The fourth-order valence-electron chi connectivity index (χ4n) is 1.96. The normalized spacial score (nSPS) is 10.3. The van der Waals surface area contributed by atoms with Crippen molar-refractivity contribution < 1.29 is 0 Å². The molecule has 0 aliphatic rings. The van der Waals surface area contributed by atoms with Crippen LogP contribution in [0.4, 0.5) is 0 Å². The van der Waals surface area contributed by atoms with E-state index in [1.54, 1.807) is 0 Å². The van der Waals surface area contributed by atoms with E-state index in [0.29, 0.717) is 5.56 Å². The van der Waals surface area contributed by atoms with Gasteiger partial charge in [0, 0.05) is 11.7 Å². The first-order chi connectivity index (χ1) is 8.36. The molecule has 0 saturated carbocycles. The zero-order valence-electron chi connectivity index (χ0n) is 9.14. The molecule has 0 amide bonds. The zero-order chi connectivity index (χ0) is 11.7. The molecule has 0 fully saturated rings. The van der Waals surface area contributed by atoms with Gasteiger partial charge in [0.1, 0.15) is 0 Å². The molecule has 17 heavy (non-hydrogen) atoms. The van der Waals surface area contributed by atoms with E-state index < -0.39 is 0 Å². The second-order valence-electron chi connectivity index (χ2n) is 3.97. The molecule has 3 aromatic rings. The highest BCUT2D eigenvalue weighted by atomic mass is 14.7. The topological polar surface area (TPSA) is 39.6 Å². The number of H-pyrrole nitrogens is 1. The van der Waals surface area contributed by atoms with Crippen LogP contribution in [0.5, 0.6) is 0 Å². The lowest BCUT2D eigenvalue weighted by Crippen LogP contribution is -1.79. The van der Waals surface area contributed by atoms with Gasteiger partial charge >= 0.3 is 0 Å². The molecule has 1 heterocycles. The molecule has 0 spiro atoms. The van der Waals surface area contributed by atoms with E-state index >= 15 is 0 Å². The van der Waals surface area contributed by atoms with Crippen molar-refractivity contribution >= 4 is 10.9 Å². The minimum atomic E-state index is 0.690. The molecule has 3 rings (SSSR count). The maximum absolute atomic E-state index is 8.76. The van der Waals surface area contributed by atoms with E-state index in [1.165, 1.54) is 5.39 Å². The number of hydrogen-bond donors (Lipinski definition) is 1. The molecule has 2 nitrogen and oxygen atoms in total. The molecule has 0 aliphatic heterocycles. The van der Waals surface area contributed by atoms with Crippen molar-refractivity contribution in [2.75, 3.05) is 0 Å². The Morgan fingerprint density at radius 3 is 2.41 bits per heavy atom. The minimum absolute atomic E-state index is 0.690. The van der Waals surface area contributed by atoms with E-state index in [4.69, 9.17) is 5.26 Å². The van der Waals surface area contributed by atoms with Gasteiger partial charge in [-0.2, -0.15) is 5.26 Å². The number of nitriles is 1. The Kier molecular flexibility index (Phi) is 2.16. The van der Waals surface area contributed by atoms with Gasteiger partial charge in [-0.1, -0.05) is 24.3 Å². The quantitative estimate of drug-likeness (QED) is 0.664. The fraction of sp³-hybridized carbons (Fsp3) is 0. The van der Waals surface area contributed by atoms with E-state index in [2.05, 4.69) is 35.3 Å². The number of rotatable bonds is 1. The smallest absolute Gasteiger partial charge is 0.0991 e. The molecule has 1 aromatic heterocycles. The second-order valence-corrected chi connectivity index (χ2v) is 3.97. The van der Waals surface area contributed by atoms with Gasteiger partial charge < -0.3 is 4.98 Å². The van der Waals surface area contributed by atoms with Gasteiger partial charge in [0.05, 0.1) is 11.6 Å². The van der Waals surface area contributed by atoms with Crippen molar-refractivity contribution in [2.24, 2.45) is 0 Å². The van der Waals surface area contributed by atoms with Crippen molar-refractivity contribution in [1.29, 1.82) is 5.26 Å². The van der Waals surface area contributed by atoms with Gasteiger partial charge in [-0.15, -0.1) is 0 Å². The van der Waals surface area contributed by atoms with Gasteiger partial charge in [-0.25, -0.2) is 0 Å². The highest BCUT2D eigenvalue weighted by Gasteiger charge is 2.00. The number of benzene rings is 2. The van der Waals surface area contributed by atoms with Crippen LogP contribution in [0.3, 0.4) is 0 Å². The molecule has 2 aromatic carbocycles. The van der Waals surface area contributed by atoms with E-state index in [0.717, 1.165) is 16.6 Å². The molecule has 2 heteroatoms. The molecule has 0 aliphatic carbocycles. The molecule has 80 valence electrons. The first-order valence-electron chi connectivity index (χ1n) is 5.44. The fourth-order valence-corrected chi connectivity index (χ4v) is 1.96. The summed E-state index contributed by atoms with van der Waals surface area (Å²) >= 11 is 0. The summed E-state index contributed by atoms with van der Waals surface area (Å²) < 4.78 is 0. The van der Waals surface area contributed by atoms with Crippen LogP contribution >= 0.6 is 0 Å². The third-order valence-electron chi connectivity index (χ3n) is 2.90. The van der Waals surface area contributed by atoms with Crippen LogP contribution in [0.25, 0.3) is 22.0 Å². The Bertz CT molecular complexity index is 700. The molecule has 1 N–H and O–H groups in total. The monoisotopic (exact) mass is 218 g/mol. The summed E-state index contributed by atoms with van der Waals surface area (Å²) in [5.74, 6) is 0. The molecular weight excluding hydrogens is 208 g/mol. The van der Waals surface area contributed by atoms with Crippen LogP contribution in [0, 0.1) is 11.3 Å².